The summed E-state index contributed by atoms with van der Waals surface area (Å²) in [4.78, 5) is 12.1. The van der Waals surface area contributed by atoms with E-state index >= 15 is 0 Å². The number of nitrogens with one attached hydrogen (secondary N) is 2. The van der Waals surface area contributed by atoms with Gasteiger partial charge in [0.25, 0.3) is 5.91 Å². The first-order valence-corrected chi connectivity index (χ1v) is 7.73. The molecule has 1 aliphatic rings. The van der Waals surface area contributed by atoms with Crippen molar-refractivity contribution in [3.05, 3.63) is 59.1 Å². The fourth-order valence-electron chi connectivity index (χ4n) is 2.31. The highest BCUT2D eigenvalue weighted by molar-refractivity contribution is 6.30. The molecular weight excluding hydrogens is 312 g/mol. The minimum Gasteiger partial charge on any atom is -0.298 e. The number of benzene rings is 2. The molecule has 2 N–H and O–H groups in total. The molecule has 2 aromatic rings. The molecule has 23 heavy (non-hydrogen) atoms. The van der Waals surface area contributed by atoms with Crippen LogP contribution in [0.15, 0.2) is 53.6 Å². The van der Waals surface area contributed by atoms with Crippen LogP contribution in [0.25, 0.3) is 0 Å². The summed E-state index contributed by atoms with van der Waals surface area (Å²) in [6.45, 7) is 2.90. The second kappa shape index (κ2) is 6.71. The molecule has 0 radical (unpaired) electrons. The van der Waals surface area contributed by atoms with Crippen molar-refractivity contribution >= 4 is 34.6 Å². The van der Waals surface area contributed by atoms with Crippen LogP contribution in [-0.2, 0) is 0 Å². The Labute approximate surface area is 139 Å². The average molecular weight is 329 g/mol. The standard InChI is InChI=1S/C17H17ClN4O/c1-12-9-10-22(21-12)16-7-5-13(6-8-16)17(23)20-19-15-4-2-3-14(18)11-15/h2-8,11,19H,9-10H2,1H3,(H,20,23). The van der Waals surface area contributed by atoms with Crippen molar-refractivity contribution in [1.82, 2.24) is 5.43 Å². The molecule has 0 spiro atoms. The number of halogens is 1. The SMILES string of the molecule is CC1=NN(c2ccc(C(=O)NNc3cccc(Cl)c3)cc2)CC1. The minimum atomic E-state index is -0.211. The zero-order valence-electron chi connectivity index (χ0n) is 12.7. The van der Waals surface area contributed by atoms with Gasteiger partial charge in [-0.05, 0) is 49.4 Å². The van der Waals surface area contributed by atoms with Crippen molar-refractivity contribution < 1.29 is 4.79 Å². The van der Waals surface area contributed by atoms with Crippen molar-refractivity contribution in [3.8, 4) is 0 Å². The quantitative estimate of drug-likeness (QED) is 0.842. The van der Waals surface area contributed by atoms with Gasteiger partial charge in [-0.15, -0.1) is 0 Å². The van der Waals surface area contributed by atoms with Crippen molar-refractivity contribution in [2.24, 2.45) is 5.10 Å². The molecule has 0 aromatic heterocycles. The van der Waals surface area contributed by atoms with Crippen LogP contribution in [0, 0.1) is 0 Å². The third kappa shape index (κ3) is 3.81. The molecule has 1 amide bonds. The molecule has 1 heterocycles. The van der Waals surface area contributed by atoms with Gasteiger partial charge in [-0.25, -0.2) is 0 Å². The fraction of sp³-hybridized carbons (Fsp3) is 0.176. The number of hydrogen-bond acceptors (Lipinski definition) is 4. The molecular formula is C17H17ClN4O. The molecule has 5 nitrogen and oxygen atoms in total. The van der Waals surface area contributed by atoms with E-state index in [2.05, 4.69) is 16.0 Å². The highest BCUT2D eigenvalue weighted by atomic mass is 35.5. The van der Waals surface area contributed by atoms with Crippen LogP contribution in [0.3, 0.4) is 0 Å². The van der Waals surface area contributed by atoms with E-state index in [-0.39, 0.29) is 5.91 Å². The predicted molar refractivity (Wildman–Crippen MR) is 94.1 cm³/mol. The van der Waals surface area contributed by atoms with E-state index in [4.69, 9.17) is 11.6 Å². The second-order valence-corrected chi connectivity index (χ2v) is 5.78. The lowest BCUT2D eigenvalue weighted by Gasteiger charge is -2.14. The van der Waals surface area contributed by atoms with E-state index in [0.29, 0.717) is 10.6 Å². The zero-order valence-corrected chi connectivity index (χ0v) is 13.5. The summed E-state index contributed by atoms with van der Waals surface area (Å²) in [6.07, 6.45) is 0.978. The maximum Gasteiger partial charge on any atom is 0.269 e. The van der Waals surface area contributed by atoms with Gasteiger partial charge in [-0.3, -0.25) is 20.7 Å². The Bertz CT molecular complexity index is 743. The second-order valence-electron chi connectivity index (χ2n) is 5.34. The highest BCUT2D eigenvalue weighted by Crippen LogP contribution is 2.20. The largest absolute Gasteiger partial charge is 0.298 e. The van der Waals surface area contributed by atoms with Crippen LogP contribution >= 0.6 is 11.6 Å². The van der Waals surface area contributed by atoms with E-state index in [1.165, 1.54) is 0 Å². The van der Waals surface area contributed by atoms with Crippen LogP contribution < -0.4 is 15.9 Å². The Kier molecular flexibility index (Phi) is 4.48. The number of hydrogen-bond donors (Lipinski definition) is 2. The summed E-state index contributed by atoms with van der Waals surface area (Å²) in [5.41, 5.74) is 8.90. The summed E-state index contributed by atoms with van der Waals surface area (Å²) in [5, 5.41) is 6.99. The fourth-order valence-corrected chi connectivity index (χ4v) is 2.50. The molecule has 6 heteroatoms. The third-order valence-corrected chi connectivity index (χ3v) is 3.78. The van der Waals surface area contributed by atoms with Gasteiger partial charge in [0.2, 0.25) is 0 Å². The van der Waals surface area contributed by atoms with E-state index in [9.17, 15) is 4.79 Å². The normalized spacial score (nSPS) is 13.7. The molecule has 0 bridgehead atoms. The van der Waals surface area contributed by atoms with Gasteiger partial charge < -0.3 is 0 Å². The summed E-state index contributed by atoms with van der Waals surface area (Å²) in [7, 11) is 0. The summed E-state index contributed by atoms with van der Waals surface area (Å²) in [6, 6.07) is 14.5. The minimum absolute atomic E-state index is 0.211. The van der Waals surface area contributed by atoms with Gasteiger partial charge in [0.05, 0.1) is 11.4 Å². The molecule has 0 saturated heterocycles. The van der Waals surface area contributed by atoms with Crippen LogP contribution in [0.4, 0.5) is 11.4 Å². The number of rotatable bonds is 4. The van der Waals surface area contributed by atoms with Crippen LogP contribution in [-0.4, -0.2) is 18.2 Å². The van der Waals surface area contributed by atoms with Gasteiger partial charge in [-0.2, -0.15) is 5.10 Å². The van der Waals surface area contributed by atoms with Gasteiger partial charge in [0.15, 0.2) is 0 Å². The Morgan fingerprint density at radius 3 is 2.65 bits per heavy atom. The average Bonchev–Trinajstić information content (AvgIpc) is 2.99. The van der Waals surface area contributed by atoms with Crippen molar-refractivity contribution in [2.75, 3.05) is 17.0 Å². The van der Waals surface area contributed by atoms with Gasteiger partial charge in [0, 0.05) is 29.3 Å². The molecule has 118 valence electrons. The first kappa shape index (κ1) is 15.4. The topological polar surface area (TPSA) is 56.7 Å². The Morgan fingerprint density at radius 1 is 1.22 bits per heavy atom. The van der Waals surface area contributed by atoms with Crippen molar-refractivity contribution in [3.63, 3.8) is 0 Å². The van der Waals surface area contributed by atoms with Gasteiger partial charge in [-0.1, -0.05) is 17.7 Å². The van der Waals surface area contributed by atoms with E-state index in [1.807, 2.05) is 36.2 Å². The van der Waals surface area contributed by atoms with Crippen LogP contribution in [0.1, 0.15) is 23.7 Å². The Balaban J connectivity index is 1.61. The summed E-state index contributed by atoms with van der Waals surface area (Å²) >= 11 is 5.90. The van der Waals surface area contributed by atoms with E-state index < -0.39 is 0 Å². The lowest BCUT2D eigenvalue weighted by atomic mass is 10.2. The maximum absolute atomic E-state index is 12.1. The first-order chi connectivity index (χ1) is 11.1. The first-order valence-electron chi connectivity index (χ1n) is 7.35. The van der Waals surface area contributed by atoms with Crippen molar-refractivity contribution in [2.45, 2.75) is 13.3 Å². The molecule has 0 atom stereocenters. The number of anilines is 2. The van der Waals surface area contributed by atoms with E-state index in [0.717, 1.165) is 30.1 Å². The lowest BCUT2D eigenvalue weighted by molar-refractivity contribution is 0.0962. The Hall–Kier alpha value is -2.53. The van der Waals surface area contributed by atoms with Gasteiger partial charge in [0.1, 0.15) is 0 Å². The number of carbonyl (C=O) groups is 1. The molecule has 1 aliphatic heterocycles. The Morgan fingerprint density at radius 2 is 2.00 bits per heavy atom. The molecule has 0 aliphatic carbocycles. The third-order valence-electron chi connectivity index (χ3n) is 3.55. The number of hydrazine groups is 1. The molecule has 0 fully saturated rings. The van der Waals surface area contributed by atoms with Crippen LogP contribution in [0.5, 0.6) is 0 Å². The molecule has 0 saturated carbocycles. The number of nitrogens with zero attached hydrogens (tertiary/aromatic N) is 2. The summed E-state index contributed by atoms with van der Waals surface area (Å²) in [5.74, 6) is -0.211. The van der Waals surface area contributed by atoms with E-state index in [1.54, 1.807) is 24.3 Å². The maximum atomic E-state index is 12.1. The molecule has 2 aromatic carbocycles. The summed E-state index contributed by atoms with van der Waals surface area (Å²) < 4.78 is 0. The number of amides is 1. The highest BCUT2D eigenvalue weighted by Gasteiger charge is 2.13. The molecule has 3 rings (SSSR count). The molecule has 0 unspecified atom stereocenters. The lowest BCUT2D eigenvalue weighted by Crippen LogP contribution is -2.29. The smallest absolute Gasteiger partial charge is 0.269 e. The number of hydrazone groups is 1. The van der Waals surface area contributed by atoms with Crippen molar-refractivity contribution in [1.29, 1.82) is 0 Å². The van der Waals surface area contributed by atoms with Crippen LogP contribution in [0.2, 0.25) is 5.02 Å². The van der Waals surface area contributed by atoms with Gasteiger partial charge >= 0.3 is 0 Å². The monoisotopic (exact) mass is 328 g/mol. The predicted octanol–water partition coefficient (Wildman–Crippen LogP) is 3.68. The zero-order chi connectivity index (χ0) is 16.2. The number of carbonyl (C=O) groups excluding carboxylic acids is 1.